The highest BCUT2D eigenvalue weighted by Crippen LogP contribution is 2.32. The molecule has 2 aromatic rings. The molecule has 3 heteroatoms. The SMILES string of the molecule is Clc1ccc(OCc2ccccc2)c2c1CNC2. The second-order valence-corrected chi connectivity index (χ2v) is 4.79. The van der Waals surface area contributed by atoms with Crippen molar-refractivity contribution >= 4 is 11.6 Å². The van der Waals surface area contributed by atoms with Crippen LogP contribution in [0.25, 0.3) is 0 Å². The second-order valence-electron chi connectivity index (χ2n) is 4.38. The molecular formula is C15H14ClNO. The second kappa shape index (κ2) is 5.01. The monoisotopic (exact) mass is 259 g/mol. The smallest absolute Gasteiger partial charge is 0.124 e. The highest BCUT2D eigenvalue weighted by molar-refractivity contribution is 6.31. The Kier molecular flexibility index (Phi) is 3.22. The van der Waals surface area contributed by atoms with E-state index >= 15 is 0 Å². The van der Waals surface area contributed by atoms with Gasteiger partial charge in [0.2, 0.25) is 0 Å². The van der Waals surface area contributed by atoms with Gasteiger partial charge in [-0.2, -0.15) is 0 Å². The highest BCUT2D eigenvalue weighted by Gasteiger charge is 2.18. The molecule has 18 heavy (non-hydrogen) atoms. The van der Waals surface area contributed by atoms with Crippen molar-refractivity contribution in [1.82, 2.24) is 5.32 Å². The summed E-state index contributed by atoms with van der Waals surface area (Å²) in [5.74, 6) is 0.934. The first-order valence-electron chi connectivity index (χ1n) is 6.02. The summed E-state index contributed by atoms with van der Waals surface area (Å²) >= 11 is 6.16. The quantitative estimate of drug-likeness (QED) is 0.911. The maximum absolute atomic E-state index is 6.16. The first-order valence-corrected chi connectivity index (χ1v) is 6.40. The summed E-state index contributed by atoms with van der Waals surface area (Å²) in [5, 5.41) is 4.12. The van der Waals surface area contributed by atoms with Gasteiger partial charge in [-0.3, -0.25) is 0 Å². The van der Waals surface area contributed by atoms with Crippen molar-refractivity contribution in [2.45, 2.75) is 19.7 Å². The Bertz CT molecular complexity index is 554. The minimum atomic E-state index is 0.592. The third-order valence-electron chi connectivity index (χ3n) is 3.17. The number of hydrogen-bond acceptors (Lipinski definition) is 2. The summed E-state index contributed by atoms with van der Waals surface area (Å²) in [4.78, 5) is 0. The van der Waals surface area contributed by atoms with Gasteiger partial charge in [-0.15, -0.1) is 0 Å². The van der Waals surface area contributed by atoms with Gasteiger partial charge in [0.05, 0.1) is 0 Å². The van der Waals surface area contributed by atoms with E-state index in [9.17, 15) is 0 Å². The van der Waals surface area contributed by atoms with Gasteiger partial charge in [-0.1, -0.05) is 41.9 Å². The van der Waals surface area contributed by atoms with Crippen LogP contribution in [0.1, 0.15) is 16.7 Å². The molecule has 1 N–H and O–H groups in total. The molecule has 0 unspecified atom stereocenters. The number of rotatable bonds is 3. The number of halogens is 1. The molecule has 1 aliphatic rings. The number of benzene rings is 2. The first kappa shape index (κ1) is 11.6. The van der Waals surface area contributed by atoms with Crippen molar-refractivity contribution in [3.63, 3.8) is 0 Å². The Balaban J connectivity index is 1.80. The lowest BCUT2D eigenvalue weighted by Gasteiger charge is -2.11. The molecule has 92 valence electrons. The van der Waals surface area contributed by atoms with Gasteiger partial charge in [0, 0.05) is 23.7 Å². The van der Waals surface area contributed by atoms with Gasteiger partial charge in [0.1, 0.15) is 12.4 Å². The van der Waals surface area contributed by atoms with Crippen LogP contribution in [0.4, 0.5) is 0 Å². The molecule has 0 spiro atoms. The maximum Gasteiger partial charge on any atom is 0.124 e. The lowest BCUT2D eigenvalue weighted by atomic mass is 10.1. The molecule has 2 aromatic carbocycles. The van der Waals surface area contributed by atoms with Crippen LogP contribution in [0, 0.1) is 0 Å². The van der Waals surface area contributed by atoms with Crippen LogP contribution >= 0.6 is 11.6 Å². The van der Waals surface area contributed by atoms with Crippen LogP contribution in [0.5, 0.6) is 5.75 Å². The predicted octanol–water partition coefficient (Wildman–Crippen LogP) is 3.52. The van der Waals surface area contributed by atoms with Crippen molar-refractivity contribution in [3.8, 4) is 5.75 Å². The van der Waals surface area contributed by atoms with Gasteiger partial charge < -0.3 is 10.1 Å². The summed E-state index contributed by atoms with van der Waals surface area (Å²) in [6, 6.07) is 14.0. The van der Waals surface area contributed by atoms with E-state index in [1.165, 1.54) is 16.7 Å². The van der Waals surface area contributed by atoms with Gasteiger partial charge in [0.25, 0.3) is 0 Å². The van der Waals surface area contributed by atoms with E-state index in [4.69, 9.17) is 16.3 Å². The zero-order valence-electron chi connectivity index (χ0n) is 9.95. The Morgan fingerprint density at radius 3 is 2.61 bits per heavy atom. The van der Waals surface area contributed by atoms with E-state index in [0.717, 1.165) is 23.9 Å². The van der Waals surface area contributed by atoms with Crippen LogP contribution in [0.2, 0.25) is 5.02 Å². The van der Waals surface area contributed by atoms with Crippen LogP contribution in [0.3, 0.4) is 0 Å². The van der Waals surface area contributed by atoms with Crippen LogP contribution in [-0.4, -0.2) is 0 Å². The number of ether oxygens (including phenoxy) is 1. The third-order valence-corrected chi connectivity index (χ3v) is 3.53. The van der Waals surface area contributed by atoms with Crippen LogP contribution < -0.4 is 10.1 Å². The molecule has 0 bridgehead atoms. The van der Waals surface area contributed by atoms with E-state index in [-0.39, 0.29) is 0 Å². The molecule has 0 fully saturated rings. The summed E-state index contributed by atoms with van der Waals surface area (Å²) in [5.41, 5.74) is 3.54. The lowest BCUT2D eigenvalue weighted by molar-refractivity contribution is 0.303. The molecule has 0 aromatic heterocycles. The third kappa shape index (κ3) is 2.22. The fourth-order valence-corrected chi connectivity index (χ4v) is 2.45. The molecule has 0 radical (unpaired) electrons. The van der Waals surface area contributed by atoms with Gasteiger partial charge in [0.15, 0.2) is 0 Å². The number of fused-ring (bicyclic) bond motifs is 1. The largest absolute Gasteiger partial charge is 0.489 e. The van der Waals surface area contributed by atoms with Crippen molar-refractivity contribution in [2.75, 3.05) is 0 Å². The lowest BCUT2D eigenvalue weighted by Crippen LogP contribution is -2.01. The average Bonchev–Trinajstić information content (AvgIpc) is 2.90. The molecule has 0 amide bonds. The summed E-state index contributed by atoms with van der Waals surface area (Å²) in [6.07, 6.45) is 0. The Hall–Kier alpha value is -1.51. The van der Waals surface area contributed by atoms with E-state index in [2.05, 4.69) is 17.4 Å². The summed E-state index contributed by atoms with van der Waals surface area (Å²) < 4.78 is 5.89. The van der Waals surface area contributed by atoms with Crippen molar-refractivity contribution in [3.05, 3.63) is 64.2 Å². The van der Waals surface area contributed by atoms with Crippen molar-refractivity contribution in [2.24, 2.45) is 0 Å². The van der Waals surface area contributed by atoms with Gasteiger partial charge >= 0.3 is 0 Å². The molecule has 0 saturated carbocycles. The fraction of sp³-hybridized carbons (Fsp3) is 0.200. The summed E-state index contributed by atoms with van der Waals surface area (Å²) in [7, 11) is 0. The van der Waals surface area contributed by atoms with Crippen LogP contribution in [-0.2, 0) is 19.7 Å². The van der Waals surface area contributed by atoms with Crippen LogP contribution in [0.15, 0.2) is 42.5 Å². The van der Waals surface area contributed by atoms with Crippen molar-refractivity contribution < 1.29 is 4.74 Å². The van der Waals surface area contributed by atoms with E-state index in [1.807, 2.05) is 30.3 Å². The average molecular weight is 260 g/mol. The van der Waals surface area contributed by atoms with Gasteiger partial charge in [-0.05, 0) is 23.3 Å². The normalized spacial score (nSPS) is 13.4. The van der Waals surface area contributed by atoms with E-state index in [0.29, 0.717) is 6.61 Å². The topological polar surface area (TPSA) is 21.3 Å². The maximum atomic E-state index is 6.16. The zero-order chi connectivity index (χ0) is 12.4. The molecule has 0 atom stereocenters. The molecule has 0 saturated heterocycles. The minimum absolute atomic E-state index is 0.592. The standard InChI is InChI=1S/C15H14ClNO/c16-14-6-7-15(13-9-17-8-12(13)14)18-10-11-4-2-1-3-5-11/h1-7,17H,8-10H2. The zero-order valence-corrected chi connectivity index (χ0v) is 10.7. The van der Waals surface area contributed by atoms with E-state index in [1.54, 1.807) is 0 Å². The fourth-order valence-electron chi connectivity index (χ4n) is 2.21. The Morgan fingerprint density at radius 1 is 1.00 bits per heavy atom. The molecule has 2 nitrogen and oxygen atoms in total. The molecule has 0 aliphatic carbocycles. The van der Waals surface area contributed by atoms with Crippen molar-refractivity contribution in [1.29, 1.82) is 0 Å². The highest BCUT2D eigenvalue weighted by atomic mass is 35.5. The summed E-state index contributed by atoms with van der Waals surface area (Å²) in [6.45, 7) is 2.26. The molecule has 1 heterocycles. The number of hydrogen-bond donors (Lipinski definition) is 1. The molecule has 3 rings (SSSR count). The molecule has 1 aliphatic heterocycles. The van der Waals surface area contributed by atoms with E-state index < -0.39 is 0 Å². The molecular weight excluding hydrogens is 246 g/mol. The first-order chi connectivity index (χ1) is 8.84. The number of nitrogens with one attached hydrogen (secondary N) is 1. The van der Waals surface area contributed by atoms with Gasteiger partial charge in [-0.25, -0.2) is 0 Å². The predicted molar refractivity (Wildman–Crippen MR) is 72.8 cm³/mol. The Labute approximate surface area is 112 Å². The minimum Gasteiger partial charge on any atom is -0.489 e. The Morgan fingerprint density at radius 2 is 1.78 bits per heavy atom.